The highest BCUT2D eigenvalue weighted by atomic mass is 32.2. The summed E-state index contributed by atoms with van der Waals surface area (Å²) in [4.78, 5) is 25.1. The summed E-state index contributed by atoms with van der Waals surface area (Å²) in [5.74, 6) is 6.05. The zero-order valence-electron chi connectivity index (χ0n) is 11.0. The van der Waals surface area contributed by atoms with Crippen molar-refractivity contribution in [2.24, 2.45) is 5.84 Å². The van der Waals surface area contributed by atoms with Crippen molar-refractivity contribution in [1.29, 1.82) is 0 Å². The van der Waals surface area contributed by atoms with Crippen molar-refractivity contribution in [1.82, 2.24) is 34.5 Å². The van der Waals surface area contributed by atoms with E-state index in [1.807, 2.05) is 13.0 Å². The number of nitrogens with zero attached hydrogens (tertiary/aromatic N) is 7. The van der Waals surface area contributed by atoms with Crippen LogP contribution in [0.5, 0.6) is 0 Å². The van der Waals surface area contributed by atoms with Gasteiger partial charge in [0.15, 0.2) is 5.16 Å². The van der Waals surface area contributed by atoms with E-state index in [2.05, 4.69) is 35.3 Å². The van der Waals surface area contributed by atoms with E-state index >= 15 is 0 Å². The summed E-state index contributed by atoms with van der Waals surface area (Å²) >= 11 is 1.23. The summed E-state index contributed by atoms with van der Waals surface area (Å²) in [6, 6.07) is 1.82. The van der Waals surface area contributed by atoms with Crippen LogP contribution in [0.3, 0.4) is 0 Å². The van der Waals surface area contributed by atoms with Gasteiger partial charge < -0.3 is 0 Å². The Bertz CT molecular complexity index is 743. The Labute approximate surface area is 124 Å². The summed E-state index contributed by atoms with van der Waals surface area (Å²) in [7, 11) is 0. The molecule has 0 aromatic carbocycles. The summed E-state index contributed by atoms with van der Waals surface area (Å²) < 4.78 is 1.66. The Kier molecular flexibility index (Phi) is 3.71. The van der Waals surface area contributed by atoms with Crippen LogP contribution < -0.4 is 11.3 Å². The van der Waals surface area contributed by atoms with Crippen LogP contribution in [-0.2, 0) is 0 Å². The van der Waals surface area contributed by atoms with Gasteiger partial charge in [0.2, 0.25) is 17.1 Å². The molecule has 0 spiro atoms. The largest absolute Gasteiger partial charge is 0.292 e. The van der Waals surface area contributed by atoms with Gasteiger partial charge in [-0.25, -0.2) is 20.8 Å². The Morgan fingerprint density at radius 1 is 1.14 bits per heavy atom. The minimum Gasteiger partial charge on any atom is -0.292 e. The summed E-state index contributed by atoms with van der Waals surface area (Å²) in [6.07, 6.45) is 6.64. The van der Waals surface area contributed by atoms with Gasteiger partial charge in [0.25, 0.3) is 0 Å². The van der Waals surface area contributed by atoms with Crippen LogP contribution in [0.4, 0.5) is 5.95 Å². The molecule has 0 saturated heterocycles. The molecule has 3 aromatic heterocycles. The molecular formula is C11H11N9S. The molecule has 0 aliphatic carbocycles. The lowest BCUT2D eigenvalue weighted by molar-refractivity contribution is 0.819. The van der Waals surface area contributed by atoms with Crippen molar-refractivity contribution < 1.29 is 0 Å². The molecule has 106 valence electrons. The molecule has 0 amide bonds. The number of aromatic nitrogens is 7. The van der Waals surface area contributed by atoms with Crippen molar-refractivity contribution in [3.05, 3.63) is 36.7 Å². The molecule has 3 aromatic rings. The number of anilines is 1. The molecule has 0 unspecified atom stereocenters. The van der Waals surface area contributed by atoms with E-state index in [4.69, 9.17) is 5.84 Å². The first-order valence-corrected chi connectivity index (χ1v) is 6.75. The highest BCUT2D eigenvalue weighted by molar-refractivity contribution is 7.99. The zero-order valence-corrected chi connectivity index (χ0v) is 11.8. The number of imidazole rings is 1. The maximum atomic E-state index is 5.39. The van der Waals surface area contributed by atoms with Gasteiger partial charge in [-0.05, 0) is 24.8 Å². The topological polar surface area (TPSA) is 120 Å². The average Bonchev–Trinajstić information content (AvgIpc) is 3.01. The first kappa shape index (κ1) is 13.4. The minimum absolute atomic E-state index is 0.254. The van der Waals surface area contributed by atoms with E-state index in [-0.39, 0.29) is 5.95 Å². The quantitative estimate of drug-likeness (QED) is 0.405. The highest BCUT2D eigenvalue weighted by Crippen LogP contribution is 2.22. The fourth-order valence-electron chi connectivity index (χ4n) is 1.51. The Morgan fingerprint density at radius 3 is 2.76 bits per heavy atom. The maximum Gasteiger partial charge on any atom is 0.242 e. The third kappa shape index (κ3) is 3.12. The fourth-order valence-corrected chi connectivity index (χ4v) is 2.23. The van der Waals surface area contributed by atoms with Crippen molar-refractivity contribution in [2.45, 2.75) is 17.2 Å². The van der Waals surface area contributed by atoms with Crippen molar-refractivity contribution in [2.75, 3.05) is 5.43 Å². The van der Waals surface area contributed by atoms with Crippen LogP contribution in [0, 0.1) is 6.92 Å². The van der Waals surface area contributed by atoms with Gasteiger partial charge in [-0.3, -0.25) is 9.99 Å². The molecule has 0 radical (unpaired) electrons. The van der Waals surface area contributed by atoms with Crippen molar-refractivity contribution in [3.8, 4) is 5.95 Å². The molecule has 0 saturated carbocycles. The smallest absolute Gasteiger partial charge is 0.242 e. The van der Waals surface area contributed by atoms with Crippen LogP contribution in [0.2, 0.25) is 0 Å². The molecule has 0 aliphatic heterocycles. The molecule has 3 rings (SSSR count). The van der Waals surface area contributed by atoms with Crippen molar-refractivity contribution >= 4 is 17.7 Å². The second-order valence-electron chi connectivity index (χ2n) is 3.94. The predicted molar refractivity (Wildman–Crippen MR) is 75.7 cm³/mol. The number of nitrogens with two attached hydrogens (primary N) is 1. The van der Waals surface area contributed by atoms with Gasteiger partial charge in [0.1, 0.15) is 6.33 Å². The van der Waals surface area contributed by atoms with Gasteiger partial charge in [0, 0.05) is 24.3 Å². The summed E-state index contributed by atoms with van der Waals surface area (Å²) in [6.45, 7) is 1.89. The van der Waals surface area contributed by atoms with Crippen LogP contribution in [0.1, 0.15) is 5.69 Å². The second-order valence-corrected chi connectivity index (χ2v) is 4.87. The molecule has 3 heterocycles. The van der Waals surface area contributed by atoms with Gasteiger partial charge in [-0.15, -0.1) is 0 Å². The number of nitrogen functional groups attached to an aromatic ring is 1. The van der Waals surface area contributed by atoms with Gasteiger partial charge in [-0.2, -0.15) is 15.0 Å². The van der Waals surface area contributed by atoms with E-state index in [1.165, 1.54) is 11.8 Å². The first-order chi connectivity index (χ1) is 10.2. The molecule has 10 heteroatoms. The Morgan fingerprint density at radius 2 is 2.05 bits per heavy atom. The molecule has 0 atom stereocenters. The van der Waals surface area contributed by atoms with Crippen molar-refractivity contribution in [3.63, 3.8) is 0 Å². The number of aryl methyl sites for hydroxylation is 1. The van der Waals surface area contributed by atoms with E-state index in [0.29, 0.717) is 16.3 Å². The zero-order chi connectivity index (χ0) is 14.7. The number of hydrazine groups is 1. The lowest BCUT2D eigenvalue weighted by Gasteiger charge is -2.06. The van der Waals surface area contributed by atoms with Crippen LogP contribution in [0.15, 0.2) is 41.3 Å². The Balaban J connectivity index is 1.96. The van der Waals surface area contributed by atoms with E-state index in [9.17, 15) is 0 Å². The first-order valence-electron chi connectivity index (χ1n) is 5.93. The molecule has 0 aliphatic rings. The lowest BCUT2D eigenvalue weighted by Crippen LogP contribution is -2.13. The second kappa shape index (κ2) is 5.81. The SMILES string of the molecule is Cc1ccnc(Sc2nc(NN)nc(-n3ccnc3)n2)n1. The molecule has 0 bridgehead atoms. The lowest BCUT2D eigenvalue weighted by atomic mass is 10.5. The van der Waals surface area contributed by atoms with E-state index in [0.717, 1.165) is 5.69 Å². The average molecular weight is 301 g/mol. The number of rotatable bonds is 4. The monoisotopic (exact) mass is 301 g/mol. The molecular weight excluding hydrogens is 290 g/mol. The molecule has 3 N–H and O–H groups in total. The maximum absolute atomic E-state index is 5.39. The number of nitrogens with one attached hydrogen (secondary N) is 1. The third-order valence-corrected chi connectivity index (χ3v) is 3.17. The summed E-state index contributed by atoms with van der Waals surface area (Å²) in [5, 5.41) is 0.994. The van der Waals surface area contributed by atoms with Crippen LogP contribution >= 0.6 is 11.8 Å². The van der Waals surface area contributed by atoms with E-state index in [1.54, 1.807) is 29.5 Å². The fraction of sp³-hybridized carbons (Fsp3) is 0.0909. The minimum atomic E-state index is 0.254. The Hall–Kier alpha value is -2.59. The third-order valence-electron chi connectivity index (χ3n) is 2.42. The van der Waals surface area contributed by atoms with Crippen LogP contribution in [-0.4, -0.2) is 34.5 Å². The molecule has 21 heavy (non-hydrogen) atoms. The highest BCUT2D eigenvalue weighted by Gasteiger charge is 2.10. The standard InChI is InChI=1S/C11H11N9S/c1-7-2-3-14-10(15-7)21-11-17-8(19-12)16-9(18-11)20-5-4-13-6-20/h2-6H,12H2,1H3,(H,16,17,18,19). The molecule has 0 fully saturated rings. The van der Waals surface area contributed by atoms with Crippen LogP contribution in [0.25, 0.3) is 5.95 Å². The number of hydrogen-bond acceptors (Lipinski definition) is 9. The normalized spacial score (nSPS) is 10.6. The molecule has 9 nitrogen and oxygen atoms in total. The van der Waals surface area contributed by atoms with Gasteiger partial charge in [0.05, 0.1) is 0 Å². The van der Waals surface area contributed by atoms with Gasteiger partial charge in [-0.1, -0.05) is 0 Å². The summed E-state index contributed by atoms with van der Waals surface area (Å²) in [5.41, 5.74) is 3.29. The van der Waals surface area contributed by atoms with Gasteiger partial charge >= 0.3 is 0 Å². The predicted octanol–water partition coefficient (Wildman–Crippen LogP) is 0.593. The number of hydrogen-bond donors (Lipinski definition) is 2. The van der Waals surface area contributed by atoms with E-state index < -0.39 is 0 Å².